The molecule has 0 spiro atoms. The molecule has 0 saturated carbocycles. The van der Waals surface area contributed by atoms with E-state index in [2.05, 4.69) is 10.1 Å². The van der Waals surface area contributed by atoms with Gasteiger partial charge < -0.3 is 19.0 Å². The van der Waals surface area contributed by atoms with E-state index in [1.807, 2.05) is 0 Å². The van der Waals surface area contributed by atoms with Gasteiger partial charge in [0, 0.05) is 23.1 Å². The first-order valence-electron chi connectivity index (χ1n) is 10.2. The number of hydrogen-bond acceptors (Lipinski definition) is 8. The highest BCUT2D eigenvalue weighted by atomic mass is 32.1. The van der Waals surface area contributed by atoms with Crippen molar-refractivity contribution >= 4 is 29.3 Å². The lowest BCUT2D eigenvalue weighted by atomic mass is 10.00. The van der Waals surface area contributed by atoms with Crippen LogP contribution in [0.1, 0.15) is 53.6 Å². The third-order valence-electron chi connectivity index (χ3n) is 4.60. The van der Waals surface area contributed by atoms with Crippen LogP contribution in [0.4, 0.5) is 13.6 Å². The minimum absolute atomic E-state index is 0.147. The molecule has 0 aliphatic rings. The molecular formula is C23H25F2NO7S. The molecule has 1 unspecified atom stereocenters. The maximum absolute atomic E-state index is 12.7. The summed E-state index contributed by atoms with van der Waals surface area (Å²) in [5.41, 5.74) is -1.30. The summed E-state index contributed by atoms with van der Waals surface area (Å²) in [5, 5.41) is 13.0. The third-order valence-corrected chi connectivity index (χ3v) is 5.55. The molecule has 11 heteroatoms. The Morgan fingerprint density at radius 3 is 2.71 bits per heavy atom. The van der Waals surface area contributed by atoms with E-state index in [-0.39, 0.29) is 22.3 Å². The summed E-state index contributed by atoms with van der Waals surface area (Å²) in [6, 6.07) is 4.33. The Morgan fingerprint density at radius 1 is 1.32 bits per heavy atom. The number of carbonyl (C=O) groups is 2. The maximum atomic E-state index is 12.7. The predicted octanol–water partition coefficient (Wildman–Crippen LogP) is 5.09. The van der Waals surface area contributed by atoms with Gasteiger partial charge in [0.2, 0.25) is 0 Å². The van der Waals surface area contributed by atoms with Crippen molar-refractivity contribution in [2.75, 3.05) is 13.7 Å². The number of ether oxygens (including phenoxy) is 2. The molecule has 2 N–H and O–H groups in total. The lowest BCUT2D eigenvalue weighted by Gasteiger charge is -2.11. The molecule has 1 atom stereocenters. The molecule has 0 aliphatic carbocycles. The molecule has 0 saturated heterocycles. The fourth-order valence-corrected chi connectivity index (χ4v) is 3.69. The molecule has 8 nitrogen and oxygen atoms in total. The van der Waals surface area contributed by atoms with Gasteiger partial charge in [0.1, 0.15) is 23.7 Å². The highest BCUT2D eigenvalue weighted by Gasteiger charge is 2.22. The lowest BCUT2D eigenvalue weighted by Crippen LogP contribution is -2.16. The first kappa shape index (κ1) is 26.8. The number of ketones is 1. The Hall–Kier alpha value is -3.47. The Bertz CT molecular complexity index is 1120. The molecule has 0 bridgehead atoms. The van der Waals surface area contributed by atoms with Crippen LogP contribution in [0.2, 0.25) is 0 Å². The molecule has 2 rings (SSSR count). The fraction of sp³-hybridized carbons (Fsp3) is 0.348. The van der Waals surface area contributed by atoms with Gasteiger partial charge in [-0.25, -0.2) is 18.4 Å². The zero-order valence-corrected chi connectivity index (χ0v) is 19.6. The summed E-state index contributed by atoms with van der Waals surface area (Å²) in [7, 11) is 1.25. The van der Waals surface area contributed by atoms with Gasteiger partial charge >= 0.3 is 11.7 Å². The van der Waals surface area contributed by atoms with Crippen LogP contribution in [0.15, 0.2) is 45.3 Å². The van der Waals surface area contributed by atoms with Gasteiger partial charge in [0.15, 0.2) is 10.8 Å². The minimum Gasteiger partial charge on any atom is -0.507 e. The zero-order valence-electron chi connectivity index (χ0n) is 18.8. The number of thiophene rings is 1. The van der Waals surface area contributed by atoms with Crippen molar-refractivity contribution in [1.29, 1.82) is 0 Å². The predicted molar refractivity (Wildman–Crippen MR) is 123 cm³/mol. The van der Waals surface area contributed by atoms with Crippen LogP contribution in [0.25, 0.3) is 6.08 Å². The van der Waals surface area contributed by atoms with Gasteiger partial charge in [-0.3, -0.25) is 10.1 Å². The van der Waals surface area contributed by atoms with E-state index in [4.69, 9.17) is 9.15 Å². The summed E-state index contributed by atoms with van der Waals surface area (Å²) < 4.78 is 39.1. The van der Waals surface area contributed by atoms with Crippen LogP contribution >= 0.6 is 11.3 Å². The number of amides is 1. The van der Waals surface area contributed by atoms with Gasteiger partial charge in [-0.1, -0.05) is 24.3 Å². The van der Waals surface area contributed by atoms with Crippen LogP contribution in [0.3, 0.4) is 0 Å². The van der Waals surface area contributed by atoms with Crippen molar-refractivity contribution < 1.29 is 37.4 Å². The maximum Gasteiger partial charge on any atom is 0.410 e. The van der Waals surface area contributed by atoms with E-state index in [1.165, 1.54) is 38.4 Å². The minimum atomic E-state index is -2.60. The number of alkyl carbamates (subject to hydrolysis) is 1. The van der Waals surface area contributed by atoms with Gasteiger partial charge in [0.05, 0.1) is 7.11 Å². The first-order chi connectivity index (χ1) is 16.1. The standard InChI is InChI=1S/C23H25F2NO7S/c1-13(6-4-5-9-26-23(30)31-3)17-11-16(27)20(22(29)33-17)21(28)14(2)10-15-7-8-19(34-15)32-12-18(24)25/h5,7-11,13,18,27H,4,6,12H2,1-3H3,(H,26,30)/b9-5+,14-10?. The smallest absolute Gasteiger partial charge is 0.410 e. The molecule has 1 amide bonds. The quantitative estimate of drug-likeness (QED) is 0.328. The van der Waals surface area contributed by atoms with E-state index in [0.29, 0.717) is 17.7 Å². The summed E-state index contributed by atoms with van der Waals surface area (Å²) in [4.78, 5) is 36.7. The molecule has 0 aliphatic heterocycles. The van der Waals surface area contributed by atoms with Crippen molar-refractivity contribution in [1.82, 2.24) is 5.32 Å². The second-order valence-corrected chi connectivity index (χ2v) is 8.31. The van der Waals surface area contributed by atoms with Crippen molar-refractivity contribution in [3.63, 3.8) is 0 Å². The second kappa shape index (κ2) is 12.7. The average Bonchev–Trinajstić information content (AvgIpc) is 3.23. The zero-order chi connectivity index (χ0) is 25.3. The molecule has 2 aromatic heterocycles. The molecule has 2 aromatic rings. The van der Waals surface area contributed by atoms with Crippen molar-refractivity contribution in [2.24, 2.45) is 0 Å². The Labute approximate surface area is 198 Å². The van der Waals surface area contributed by atoms with E-state index < -0.39 is 41.8 Å². The van der Waals surface area contributed by atoms with Crippen LogP contribution in [0, 0.1) is 0 Å². The number of rotatable bonds is 11. The number of methoxy groups -OCH3 is 1. The SMILES string of the molecule is COC(=O)N/C=C/CCC(C)c1cc(O)c(C(=O)C(C)=Cc2ccc(OCC(F)F)s2)c(=O)o1. The van der Waals surface area contributed by atoms with Crippen LogP contribution in [-0.2, 0) is 4.74 Å². The molecule has 184 valence electrons. The lowest BCUT2D eigenvalue weighted by molar-refractivity contribution is 0.0838. The number of Topliss-reactive ketones (excluding diaryl/α,β-unsaturated/α-hetero) is 1. The van der Waals surface area contributed by atoms with Crippen LogP contribution in [0.5, 0.6) is 10.8 Å². The summed E-state index contributed by atoms with van der Waals surface area (Å²) in [5.74, 6) is -1.24. The number of halogens is 2. The largest absolute Gasteiger partial charge is 0.507 e. The number of carbonyl (C=O) groups excluding carboxylic acids is 2. The fourth-order valence-electron chi connectivity index (χ4n) is 2.82. The Morgan fingerprint density at radius 2 is 2.06 bits per heavy atom. The van der Waals surface area contributed by atoms with Crippen LogP contribution in [-0.4, -0.2) is 37.1 Å². The number of nitrogens with one attached hydrogen (secondary N) is 1. The molecule has 2 heterocycles. The first-order valence-corrected chi connectivity index (χ1v) is 11.0. The molecular weight excluding hydrogens is 472 g/mol. The van der Waals surface area contributed by atoms with Crippen molar-refractivity contribution in [3.8, 4) is 10.8 Å². The number of alkyl halides is 2. The second-order valence-electron chi connectivity index (χ2n) is 7.23. The van der Waals surface area contributed by atoms with Gasteiger partial charge in [-0.2, -0.15) is 0 Å². The van der Waals surface area contributed by atoms with Gasteiger partial charge in [0.25, 0.3) is 6.43 Å². The molecule has 0 radical (unpaired) electrons. The normalized spacial score (nSPS) is 12.7. The van der Waals surface area contributed by atoms with Crippen molar-refractivity contribution in [3.05, 3.63) is 62.7 Å². The molecule has 0 aromatic carbocycles. The average molecular weight is 498 g/mol. The van der Waals surface area contributed by atoms with Crippen molar-refractivity contribution in [2.45, 2.75) is 39.0 Å². The van der Waals surface area contributed by atoms with E-state index >= 15 is 0 Å². The number of aromatic hydroxyl groups is 1. The van der Waals surface area contributed by atoms with Gasteiger partial charge in [-0.05, 0) is 43.5 Å². The monoisotopic (exact) mass is 497 g/mol. The van der Waals surface area contributed by atoms with E-state index in [9.17, 15) is 28.3 Å². The molecule has 0 fully saturated rings. The Balaban J connectivity index is 2.08. The highest BCUT2D eigenvalue weighted by molar-refractivity contribution is 7.14. The Kier molecular flexibility index (Phi) is 9.99. The highest BCUT2D eigenvalue weighted by Crippen LogP contribution is 2.29. The topological polar surface area (TPSA) is 115 Å². The van der Waals surface area contributed by atoms with Crippen LogP contribution < -0.4 is 15.7 Å². The van der Waals surface area contributed by atoms with E-state index in [0.717, 1.165) is 11.3 Å². The van der Waals surface area contributed by atoms with Gasteiger partial charge in [-0.15, -0.1) is 0 Å². The summed E-state index contributed by atoms with van der Waals surface area (Å²) in [6.07, 6.45) is 2.49. The number of allylic oxidation sites excluding steroid dienone is 2. The molecule has 34 heavy (non-hydrogen) atoms. The van der Waals surface area contributed by atoms with E-state index in [1.54, 1.807) is 19.1 Å². The third kappa shape index (κ3) is 7.84. The summed E-state index contributed by atoms with van der Waals surface area (Å²) >= 11 is 1.06. The number of hydrogen-bond donors (Lipinski definition) is 2. The summed E-state index contributed by atoms with van der Waals surface area (Å²) in [6.45, 7) is 2.52.